The van der Waals surface area contributed by atoms with Crippen LogP contribution in [0.15, 0.2) is 60.7 Å². The fraction of sp³-hybridized carbons (Fsp3) is 0.442. The second-order valence-electron chi connectivity index (χ2n) is 15.7. The molecule has 56 heavy (non-hydrogen) atoms. The third-order valence-electron chi connectivity index (χ3n) is 11.2. The summed E-state index contributed by atoms with van der Waals surface area (Å²) in [6.45, 7) is 10.8. The van der Waals surface area contributed by atoms with Crippen molar-refractivity contribution in [2.24, 2.45) is 11.8 Å². The van der Waals surface area contributed by atoms with E-state index in [0.29, 0.717) is 19.5 Å². The number of amides is 4. The van der Waals surface area contributed by atoms with E-state index in [4.69, 9.17) is 14.7 Å². The molecule has 5 aromatic rings. The van der Waals surface area contributed by atoms with Crippen molar-refractivity contribution >= 4 is 45.9 Å². The van der Waals surface area contributed by atoms with Gasteiger partial charge in [0.15, 0.2) is 0 Å². The van der Waals surface area contributed by atoms with Crippen LogP contribution in [-0.4, -0.2) is 85.8 Å². The van der Waals surface area contributed by atoms with Crippen molar-refractivity contribution in [3.63, 3.8) is 0 Å². The van der Waals surface area contributed by atoms with Crippen molar-refractivity contribution in [1.29, 1.82) is 0 Å². The summed E-state index contributed by atoms with van der Waals surface area (Å²) in [7, 11) is 1.29. The molecule has 0 aliphatic carbocycles. The number of hydrogen-bond donors (Lipinski definition) is 4. The predicted molar refractivity (Wildman–Crippen MR) is 215 cm³/mol. The summed E-state index contributed by atoms with van der Waals surface area (Å²) in [5, 5.41) is 5.63. The Morgan fingerprint density at radius 3 is 1.54 bits per heavy atom. The lowest BCUT2D eigenvalue weighted by molar-refractivity contribution is -0.138. The standard InChI is InChI=1S/C43H52N8O5/c1-7-36(52)48-37(24(2)3)41(53)50-20-8-10-34(50)39-44-30-18-16-28(22-32(30)46-39)26-12-14-27(15-13-26)29-17-19-31-33(23-29)47-40(45-31)35-11-9-21-51(35)42(54)38(25(4)5)49-43(55)56-6/h12-19,22-25,34-35,37-38H,7-11,20-21H2,1-6H3,(H,44,46)(H,45,47)(H,48,52)(H,49,55)/t34-,35-,37-,38-/m0/s1. The molecule has 2 aliphatic rings. The minimum atomic E-state index is -0.689. The molecule has 0 bridgehead atoms. The van der Waals surface area contributed by atoms with Crippen LogP contribution in [0.1, 0.15) is 90.5 Å². The minimum Gasteiger partial charge on any atom is -0.453 e. The van der Waals surface area contributed by atoms with E-state index in [1.807, 2.05) is 49.6 Å². The minimum absolute atomic E-state index is 0.0283. The number of nitrogens with one attached hydrogen (secondary N) is 4. The summed E-state index contributed by atoms with van der Waals surface area (Å²) in [6, 6.07) is 19.1. The quantitative estimate of drug-likeness (QED) is 0.112. The monoisotopic (exact) mass is 760 g/mol. The molecule has 2 fully saturated rings. The first-order chi connectivity index (χ1) is 26.9. The number of rotatable bonds is 11. The highest BCUT2D eigenvalue weighted by molar-refractivity contribution is 5.89. The molecule has 13 heteroatoms. The molecule has 2 saturated heterocycles. The number of hydrogen-bond acceptors (Lipinski definition) is 7. The number of H-pyrrole nitrogens is 2. The van der Waals surface area contributed by atoms with E-state index in [-0.39, 0.29) is 41.6 Å². The van der Waals surface area contributed by atoms with Crippen molar-refractivity contribution in [2.75, 3.05) is 20.2 Å². The number of aromatic amines is 2. The summed E-state index contributed by atoms with van der Waals surface area (Å²) < 4.78 is 4.77. The lowest BCUT2D eigenvalue weighted by atomic mass is 10.00. The number of carbonyl (C=O) groups excluding carboxylic acids is 4. The van der Waals surface area contributed by atoms with Gasteiger partial charge in [0.2, 0.25) is 17.7 Å². The molecule has 2 aromatic heterocycles. The molecule has 7 rings (SSSR count). The summed E-state index contributed by atoms with van der Waals surface area (Å²) >= 11 is 0. The van der Waals surface area contributed by atoms with Crippen LogP contribution >= 0.6 is 0 Å². The molecule has 0 saturated carbocycles. The Kier molecular flexibility index (Phi) is 11.1. The first-order valence-corrected chi connectivity index (χ1v) is 19.8. The number of aromatic nitrogens is 4. The molecular formula is C43H52N8O5. The van der Waals surface area contributed by atoms with E-state index in [1.54, 1.807) is 6.92 Å². The van der Waals surface area contributed by atoms with E-state index >= 15 is 0 Å². The van der Waals surface area contributed by atoms with Gasteiger partial charge in [-0.15, -0.1) is 0 Å². The fourth-order valence-electron chi connectivity index (χ4n) is 8.06. The highest BCUT2D eigenvalue weighted by Crippen LogP contribution is 2.36. The van der Waals surface area contributed by atoms with E-state index in [0.717, 1.165) is 81.7 Å². The van der Waals surface area contributed by atoms with E-state index < -0.39 is 18.2 Å². The van der Waals surface area contributed by atoms with Crippen LogP contribution in [0, 0.1) is 11.8 Å². The van der Waals surface area contributed by atoms with E-state index in [2.05, 4.69) is 69.1 Å². The smallest absolute Gasteiger partial charge is 0.407 e. The lowest BCUT2D eigenvalue weighted by Gasteiger charge is -2.30. The number of nitrogens with zero attached hydrogens (tertiary/aromatic N) is 4. The zero-order valence-corrected chi connectivity index (χ0v) is 33.0. The Morgan fingerprint density at radius 1 is 0.696 bits per heavy atom. The molecule has 4 N–H and O–H groups in total. The van der Waals surface area contributed by atoms with Gasteiger partial charge >= 0.3 is 6.09 Å². The third-order valence-corrected chi connectivity index (χ3v) is 11.2. The summed E-state index contributed by atoms with van der Waals surface area (Å²) in [5.41, 5.74) is 7.63. The number of ether oxygens (including phenoxy) is 1. The zero-order chi connectivity index (χ0) is 39.7. The second-order valence-corrected chi connectivity index (χ2v) is 15.7. The van der Waals surface area contributed by atoms with Gasteiger partial charge in [0.05, 0.1) is 41.3 Å². The SMILES string of the molecule is CCC(=O)N[C@H](C(=O)N1CCC[C@H]1c1nc2cc(-c3ccc(-c4ccc5[nH]c([C@@H]6CCCN6C(=O)[C@@H](NC(=O)OC)C(C)C)nc5c4)cc3)ccc2[nH]1)C(C)C. The Bertz CT molecular complexity index is 2080. The van der Waals surface area contributed by atoms with Crippen molar-refractivity contribution in [1.82, 2.24) is 40.4 Å². The number of benzene rings is 3. The molecular weight excluding hydrogens is 709 g/mol. The lowest BCUT2D eigenvalue weighted by Crippen LogP contribution is -2.51. The van der Waals surface area contributed by atoms with Crippen LogP contribution in [-0.2, 0) is 19.1 Å². The van der Waals surface area contributed by atoms with Gasteiger partial charge < -0.3 is 35.1 Å². The third kappa shape index (κ3) is 7.71. The maximum atomic E-state index is 13.7. The summed E-state index contributed by atoms with van der Waals surface area (Å²) in [6.07, 6.45) is 3.03. The number of likely N-dealkylation sites (tertiary alicyclic amines) is 2. The highest BCUT2D eigenvalue weighted by atomic mass is 16.5. The van der Waals surface area contributed by atoms with Crippen molar-refractivity contribution < 1.29 is 23.9 Å². The van der Waals surface area contributed by atoms with Crippen LogP contribution in [0.3, 0.4) is 0 Å². The number of alkyl carbamates (subject to hydrolysis) is 1. The molecule has 294 valence electrons. The van der Waals surface area contributed by atoms with Crippen molar-refractivity contribution in [2.45, 2.75) is 90.9 Å². The molecule has 0 spiro atoms. The largest absolute Gasteiger partial charge is 0.453 e. The molecule has 4 amide bonds. The number of carbonyl (C=O) groups is 4. The maximum absolute atomic E-state index is 13.7. The van der Waals surface area contributed by atoms with Gasteiger partial charge in [-0.3, -0.25) is 14.4 Å². The topological polar surface area (TPSA) is 165 Å². The summed E-state index contributed by atoms with van der Waals surface area (Å²) in [5.74, 6) is 1.05. The highest BCUT2D eigenvalue weighted by Gasteiger charge is 2.39. The Labute approximate surface area is 327 Å². The van der Waals surface area contributed by atoms with Gasteiger partial charge in [-0.25, -0.2) is 14.8 Å². The van der Waals surface area contributed by atoms with E-state index in [1.165, 1.54) is 7.11 Å². The van der Waals surface area contributed by atoms with Gasteiger partial charge in [0.25, 0.3) is 0 Å². The number of imidazole rings is 2. The van der Waals surface area contributed by atoms with Crippen LogP contribution in [0.4, 0.5) is 4.79 Å². The second kappa shape index (κ2) is 16.2. The van der Waals surface area contributed by atoms with Gasteiger partial charge in [-0.1, -0.05) is 71.0 Å². The molecule has 3 aromatic carbocycles. The van der Waals surface area contributed by atoms with Crippen LogP contribution < -0.4 is 10.6 Å². The molecule has 0 unspecified atom stereocenters. The van der Waals surface area contributed by atoms with Crippen LogP contribution in [0.5, 0.6) is 0 Å². The Hall–Kier alpha value is -5.72. The number of methoxy groups -OCH3 is 1. The first-order valence-electron chi connectivity index (χ1n) is 19.8. The maximum Gasteiger partial charge on any atom is 0.407 e. The van der Waals surface area contributed by atoms with Crippen LogP contribution in [0.25, 0.3) is 44.3 Å². The molecule has 2 aliphatic heterocycles. The molecule has 4 heterocycles. The molecule has 0 radical (unpaired) electrons. The first kappa shape index (κ1) is 38.6. The van der Waals surface area contributed by atoms with Gasteiger partial charge in [-0.05, 0) is 84.0 Å². The normalized spacial score (nSPS) is 18.2. The van der Waals surface area contributed by atoms with Gasteiger partial charge in [0.1, 0.15) is 23.7 Å². The fourth-order valence-corrected chi connectivity index (χ4v) is 8.06. The van der Waals surface area contributed by atoms with Crippen LogP contribution in [0.2, 0.25) is 0 Å². The van der Waals surface area contributed by atoms with Crippen molar-refractivity contribution in [3.05, 3.63) is 72.3 Å². The molecule has 4 atom stereocenters. The van der Waals surface area contributed by atoms with Gasteiger partial charge in [0, 0.05) is 19.5 Å². The van der Waals surface area contributed by atoms with Crippen molar-refractivity contribution in [3.8, 4) is 22.3 Å². The summed E-state index contributed by atoms with van der Waals surface area (Å²) in [4.78, 5) is 72.0. The van der Waals surface area contributed by atoms with E-state index in [9.17, 15) is 19.2 Å². The predicted octanol–water partition coefficient (Wildman–Crippen LogP) is 7.03. The zero-order valence-electron chi connectivity index (χ0n) is 33.0. The molecule has 13 nitrogen and oxygen atoms in total. The Balaban J connectivity index is 1.06. The average Bonchev–Trinajstić information content (AvgIpc) is 4.03. The number of fused-ring (bicyclic) bond motifs is 2. The Morgan fingerprint density at radius 2 is 1.12 bits per heavy atom. The van der Waals surface area contributed by atoms with Gasteiger partial charge in [-0.2, -0.15) is 0 Å². The average molecular weight is 761 g/mol.